The molecule has 19 heavy (non-hydrogen) atoms. The summed E-state index contributed by atoms with van der Waals surface area (Å²) >= 11 is 0. The molecule has 0 spiro atoms. The van der Waals surface area contributed by atoms with Gasteiger partial charge in [-0.3, -0.25) is 4.79 Å². The SMILES string of the molecule is Nc1ccc(C2(C(=O)OCC3CCOC3)CC2)cc1. The Morgan fingerprint density at radius 3 is 2.68 bits per heavy atom. The summed E-state index contributed by atoms with van der Waals surface area (Å²) in [6, 6.07) is 7.55. The molecule has 1 unspecified atom stereocenters. The minimum atomic E-state index is -0.410. The number of esters is 1. The molecular weight excluding hydrogens is 242 g/mol. The number of nitrogen functional groups attached to an aromatic ring is 1. The van der Waals surface area contributed by atoms with Gasteiger partial charge in [0.2, 0.25) is 0 Å². The standard InChI is InChI=1S/C15H19NO3/c16-13-3-1-12(2-4-13)15(6-7-15)14(17)19-10-11-5-8-18-9-11/h1-4,11H,5-10,16H2. The van der Waals surface area contributed by atoms with Crippen LogP contribution in [0.3, 0.4) is 0 Å². The smallest absolute Gasteiger partial charge is 0.316 e. The normalized spacial score (nSPS) is 24.1. The molecule has 1 aliphatic heterocycles. The first kappa shape index (κ1) is 12.5. The highest BCUT2D eigenvalue weighted by molar-refractivity contribution is 5.86. The summed E-state index contributed by atoms with van der Waals surface area (Å²) in [6.07, 6.45) is 2.73. The van der Waals surface area contributed by atoms with E-state index in [0.29, 0.717) is 19.1 Å². The van der Waals surface area contributed by atoms with E-state index < -0.39 is 5.41 Å². The van der Waals surface area contributed by atoms with E-state index in [0.717, 1.165) is 37.1 Å². The fraction of sp³-hybridized carbons (Fsp3) is 0.533. The Labute approximate surface area is 112 Å². The molecule has 102 valence electrons. The summed E-state index contributed by atoms with van der Waals surface area (Å²) in [5.74, 6) is 0.273. The van der Waals surface area contributed by atoms with Crippen LogP contribution in [-0.4, -0.2) is 25.8 Å². The Balaban J connectivity index is 1.63. The molecule has 0 amide bonds. The Bertz CT molecular complexity index is 459. The van der Waals surface area contributed by atoms with Gasteiger partial charge in [-0.2, -0.15) is 0 Å². The van der Waals surface area contributed by atoms with Crippen LogP contribution in [0.5, 0.6) is 0 Å². The predicted octanol–water partition coefficient (Wildman–Crippen LogP) is 1.88. The summed E-state index contributed by atoms with van der Waals surface area (Å²) in [7, 11) is 0. The Morgan fingerprint density at radius 1 is 1.37 bits per heavy atom. The maximum absolute atomic E-state index is 12.3. The average Bonchev–Trinajstić information content (AvgIpc) is 3.07. The van der Waals surface area contributed by atoms with E-state index in [4.69, 9.17) is 15.2 Å². The molecule has 1 heterocycles. The van der Waals surface area contributed by atoms with Crippen LogP contribution in [-0.2, 0) is 19.7 Å². The van der Waals surface area contributed by atoms with Crippen molar-refractivity contribution in [1.82, 2.24) is 0 Å². The molecule has 4 nitrogen and oxygen atoms in total. The van der Waals surface area contributed by atoms with Gasteiger partial charge in [0.15, 0.2) is 0 Å². The zero-order valence-electron chi connectivity index (χ0n) is 10.9. The first-order valence-corrected chi connectivity index (χ1v) is 6.82. The summed E-state index contributed by atoms with van der Waals surface area (Å²) in [6.45, 7) is 1.98. The van der Waals surface area contributed by atoms with Gasteiger partial charge in [-0.25, -0.2) is 0 Å². The number of hydrogen-bond donors (Lipinski definition) is 1. The summed E-state index contributed by atoms with van der Waals surface area (Å²) in [5.41, 5.74) is 7.01. The van der Waals surface area contributed by atoms with Gasteiger partial charge in [0.05, 0.1) is 18.6 Å². The maximum Gasteiger partial charge on any atom is 0.316 e. The first-order valence-electron chi connectivity index (χ1n) is 6.82. The summed E-state index contributed by atoms with van der Waals surface area (Å²) in [5, 5.41) is 0. The van der Waals surface area contributed by atoms with E-state index in [1.165, 1.54) is 0 Å². The second kappa shape index (κ2) is 4.85. The van der Waals surface area contributed by atoms with E-state index in [2.05, 4.69) is 0 Å². The molecule has 1 aliphatic carbocycles. The van der Waals surface area contributed by atoms with Gasteiger partial charge >= 0.3 is 5.97 Å². The largest absolute Gasteiger partial charge is 0.465 e. The molecule has 2 aliphatic rings. The highest BCUT2D eigenvalue weighted by Gasteiger charge is 2.52. The van der Waals surface area contributed by atoms with Crippen LogP contribution in [0.25, 0.3) is 0 Å². The number of nitrogens with two attached hydrogens (primary N) is 1. The third-order valence-corrected chi connectivity index (χ3v) is 4.08. The van der Waals surface area contributed by atoms with Crippen molar-refractivity contribution in [2.24, 2.45) is 5.92 Å². The maximum atomic E-state index is 12.3. The summed E-state index contributed by atoms with van der Waals surface area (Å²) in [4.78, 5) is 12.3. The lowest BCUT2D eigenvalue weighted by Gasteiger charge is -2.16. The molecular formula is C15H19NO3. The fourth-order valence-electron chi connectivity index (χ4n) is 2.58. The predicted molar refractivity (Wildman–Crippen MR) is 71.7 cm³/mol. The molecule has 0 bridgehead atoms. The van der Waals surface area contributed by atoms with E-state index in [-0.39, 0.29) is 5.97 Å². The lowest BCUT2D eigenvalue weighted by atomic mass is 9.96. The zero-order chi connectivity index (χ0) is 13.3. The average molecular weight is 261 g/mol. The molecule has 2 N–H and O–H groups in total. The van der Waals surface area contributed by atoms with Gasteiger partial charge in [0, 0.05) is 18.2 Å². The van der Waals surface area contributed by atoms with Crippen LogP contribution >= 0.6 is 0 Å². The van der Waals surface area contributed by atoms with Gasteiger partial charge in [-0.15, -0.1) is 0 Å². The van der Waals surface area contributed by atoms with Gasteiger partial charge in [-0.05, 0) is 37.0 Å². The molecule has 1 saturated heterocycles. The quantitative estimate of drug-likeness (QED) is 0.664. The number of carbonyl (C=O) groups excluding carboxylic acids is 1. The van der Waals surface area contributed by atoms with Gasteiger partial charge in [-0.1, -0.05) is 12.1 Å². The monoisotopic (exact) mass is 261 g/mol. The topological polar surface area (TPSA) is 61.6 Å². The Hall–Kier alpha value is -1.55. The second-order valence-corrected chi connectivity index (χ2v) is 5.53. The second-order valence-electron chi connectivity index (χ2n) is 5.53. The third-order valence-electron chi connectivity index (χ3n) is 4.08. The molecule has 3 rings (SSSR count). The van der Waals surface area contributed by atoms with Crippen molar-refractivity contribution >= 4 is 11.7 Å². The third kappa shape index (κ3) is 2.45. The van der Waals surface area contributed by atoms with Crippen molar-refractivity contribution < 1.29 is 14.3 Å². The number of anilines is 1. The van der Waals surface area contributed by atoms with Crippen LogP contribution in [0, 0.1) is 5.92 Å². The first-order chi connectivity index (χ1) is 9.21. The van der Waals surface area contributed by atoms with E-state index in [1.807, 2.05) is 24.3 Å². The number of hydrogen-bond acceptors (Lipinski definition) is 4. The van der Waals surface area contributed by atoms with Crippen molar-refractivity contribution in [1.29, 1.82) is 0 Å². The lowest BCUT2D eigenvalue weighted by Crippen LogP contribution is -2.25. The molecule has 1 saturated carbocycles. The van der Waals surface area contributed by atoms with Crippen molar-refractivity contribution in [3.05, 3.63) is 29.8 Å². The van der Waals surface area contributed by atoms with Crippen LogP contribution < -0.4 is 5.73 Å². The lowest BCUT2D eigenvalue weighted by molar-refractivity contribution is -0.148. The fourth-order valence-corrected chi connectivity index (χ4v) is 2.58. The van der Waals surface area contributed by atoms with Crippen LogP contribution in [0.2, 0.25) is 0 Å². The Kier molecular flexibility index (Phi) is 3.19. The number of carbonyl (C=O) groups is 1. The van der Waals surface area contributed by atoms with Crippen LogP contribution in [0.1, 0.15) is 24.8 Å². The van der Waals surface area contributed by atoms with Crippen molar-refractivity contribution in [2.75, 3.05) is 25.6 Å². The minimum absolute atomic E-state index is 0.0934. The molecule has 4 heteroatoms. The number of ether oxygens (including phenoxy) is 2. The molecule has 0 aromatic heterocycles. The molecule has 0 radical (unpaired) electrons. The van der Waals surface area contributed by atoms with E-state index in [1.54, 1.807) is 0 Å². The number of rotatable bonds is 4. The zero-order valence-corrected chi connectivity index (χ0v) is 10.9. The highest BCUT2D eigenvalue weighted by Crippen LogP contribution is 2.49. The van der Waals surface area contributed by atoms with Gasteiger partial charge < -0.3 is 15.2 Å². The van der Waals surface area contributed by atoms with E-state index >= 15 is 0 Å². The Morgan fingerprint density at radius 2 is 2.11 bits per heavy atom. The van der Waals surface area contributed by atoms with Crippen LogP contribution in [0.4, 0.5) is 5.69 Å². The van der Waals surface area contributed by atoms with Crippen molar-refractivity contribution in [3.8, 4) is 0 Å². The number of benzene rings is 1. The van der Waals surface area contributed by atoms with Crippen molar-refractivity contribution in [3.63, 3.8) is 0 Å². The summed E-state index contributed by atoms with van der Waals surface area (Å²) < 4.78 is 10.8. The van der Waals surface area contributed by atoms with Crippen molar-refractivity contribution in [2.45, 2.75) is 24.7 Å². The van der Waals surface area contributed by atoms with E-state index in [9.17, 15) is 4.79 Å². The van der Waals surface area contributed by atoms with Gasteiger partial charge in [0.1, 0.15) is 0 Å². The molecule has 1 aromatic carbocycles. The minimum Gasteiger partial charge on any atom is -0.465 e. The molecule has 1 aromatic rings. The van der Waals surface area contributed by atoms with Gasteiger partial charge in [0.25, 0.3) is 0 Å². The highest BCUT2D eigenvalue weighted by atomic mass is 16.5. The molecule has 1 atom stereocenters. The van der Waals surface area contributed by atoms with Crippen LogP contribution in [0.15, 0.2) is 24.3 Å². The molecule has 2 fully saturated rings.